The predicted octanol–water partition coefficient (Wildman–Crippen LogP) is 3.89. The van der Waals surface area contributed by atoms with Crippen molar-refractivity contribution >= 4 is 5.69 Å². The molecule has 1 aliphatic heterocycles. The molecular formula is C20H27N3. The summed E-state index contributed by atoms with van der Waals surface area (Å²) in [7, 11) is 0. The molecule has 0 atom stereocenters. The van der Waals surface area contributed by atoms with Gasteiger partial charge in [0.1, 0.15) is 0 Å². The van der Waals surface area contributed by atoms with Crippen LogP contribution in [0.2, 0.25) is 0 Å². The molecule has 3 nitrogen and oxygen atoms in total. The summed E-state index contributed by atoms with van der Waals surface area (Å²) in [6.07, 6.45) is 8.96. The number of rotatable bonds is 6. The molecule has 0 saturated carbocycles. The predicted molar refractivity (Wildman–Crippen MR) is 98.0 cm³/mol. The zero-order valence-electron chi connectivity index (χ0n) is 14.1. The molecule has 23 heavy (non-hydrogen) atoms. The third-order valence-corrected chi connectivity index (χ3v) is 4.54. The summed E-state index contributed by atoms with van der Waals surface area (Å²) in [6.45, 7) is 6.51. The lowest BCUT2D eigenvalue weighted by Gasteiger charge is -2.31. The summed E-state index contributed by atoms with van der Waals surface area (Å²) in [6, 6.07) is 11.1. The smallest absolute Gasteiger partial charge is 0.0447 e. The third-order valence-electron chi connectivity index (χ3n) is 4.54. The number of pyridine rings is 1. The van der Waals surface area contributed by atoms with E-state index in [-0.39, 0.29) is 0 Å². The highest BCUT2D eigenvalue weighted by atomic mass is 15.2. The number of benzene rings is 1. The van der Waals surface area contributed by atoms with Crippen LogP contribution in [0.5, 0.6) is 0 Å². The first-order valence-corrected chi connectivity index (χ1v) is 8.87. The molecule has 0 unspecified atom stereocenters. The van der Waals surface area contributed by atoms with Crippen LogP contribution in [0.4, 0.5) is 5.69 Å². The highest BCUT2D eigenvalue weighted by molar-refractivity contribution is 5.78. The van der Waals surface area contributed by atoms with Crippen LogP contribution in [0.25, 0.3) is 11.1 Å². The van der Waals surface area contributed by atoms with Gasteiger partial charge in [0.2, 0.25) is 0 Å². The van der Waals surface area contributed by atoms with Gasteiger partial charge in [-0.25, -0.2) is 0 Å². The van der Waals surface area contributed by atoms with Gasteiger partial charge in [-0.3, -0.25) is 4.98 Å². The van der Waals surface area contributed by atoms with Crippen LogP contribution in [-0.2, 0) is 6.42 Å². The molecule has 0 radical (unpaired) electrons. The second-order valence-corrected chi connectivity index (χ2v) is 6.29. The van der Waals surface area contributed by atoms with Crippen molar-refractivity contribution in [3.8, 4) is 11.1 Å². The number of anilines is 1. The molecule has 1 aromatic carbocycles. The summed E-state index contributed by atoms with van der Waals surface area (Å²) < 4.78 is 0. The standard InChI is InChI=1S/C20H27N3/c1-2-3-4-7-17-14-18(16-22-15-17)19-8-5-6-9-20(19)23-12-10-21-11-13-23/h5-6,8-9,14-16,21H,2-4,7,10-13H2,1H3. The molecule has 1 aliphatic rings. The van der Waals surface area contributed by atoms with E-state index in [0.29, 0.717) is 0 Å². The van der Waals surface area contributed by atoms with E-state index in [1.165, 1.54) is 41.6 Å². The van der Waals surface area contributed by atoms with Gasteiger partial charge >= 0.3 is 0 Å². The van der Waals surface area contributed by atoms with E-state index in [9.17, 15) is 0 Å². The van der Waals surface area contributed by atoms with Crippen LogP contribution in [0.1, 0.15) is 31.7 Å². The number of nitrogens with zero attached hydrogens (tertiary/aromatic N) is 2. The monoisotopic (exact) mass is 309 g/mol. The number of aromatic nitrogens is 1. The zero-order chi connectivity index (χ0) is 15.9. The van der Waals surface area contributed by atoms with Gasteiger partial charge in [0, 0.05) is 55.4 Å². The summed E-state index contributed by atoms with van der Waals surface area (Å²) in [5, 5.41) is 3.43. The molecular weight excluding hydrogens is 282 g/mol. The van der Waals surface area contributed by atoms with Crippen LogP contribution >= 0.6 is 0 Å². The lowest BCUT2D eigenvalue weighted by Crippen LogP contribution is -2.43. The molecule has 122 valence electrons. The van der Waals surface area contributed by atoms with Gasteiger partial charge in [-0.15, -0.1) is 0 Å². The first-order chi connectivity index (χ1) is 11.4. The molecule has 1 saturated heterocycles. The number of piperazine rings is 1. The fourth-order valence-electron chi connectivity index (χ4n) is 3.25. The maximum absolute atomic E-state index is 4.50. The number of para-hydroxylation sites is 1. The SMILES string of the molecule is CCCCCc1cncc(-c2ccccc2N2CCNCC2)c1. The first-order valence-electron chi connectivity index (χ1n) is 8.87. The van der Waals surface area contributed by atoms with Gasteiger partial charge in [-0.1, -0.05) is 38.0 Å². The Bertz CT molecular complexity index is 618. The Morgan fingerprint density at radius 1 is 1.09 bits per heavy atom. The molecule has 0 spiro atoms. The molecule has 1 N–H and O–H groups in total. The van der Waals surface area contributed by atoms with Crippen molar-refractivity contribution in [2.45, 2.75) is 32.6 Å². The fraction of sp³-hybridized carbons (Fsp3) is 0.450. The Labute approximate surface area is 139 Å². The molecule has 1 aromatic heterocycles. The van der Waals surface area contributed by atoms with Gasteiger partial charge in [0.15, 0.2) is 0 Å². The highest BCUT2D eigenvalue weighted by Crippen LogP contribution is 2.31. The Balaban J connectivity index is 1.85. The molecule has 0 amide bonds. The second kappa shape index (κ2) is 8.11. The minimum Gasteiger partial charge on any atom is -0.368 e. The number of nitrogens with one attached hydrogen (secondary N) is 1. The Morgan fingerprint density at radius 3 is 2.74 bits per heavy atom. The number of hydrogen-bond acceptors (Lipinski definition) is 3. The van der Waals surface area contributed by atoms with Crippen LogP contribution in [0.15, 0.2) is 42.7 Å². The van der Waals surface area contributed by atoms with E-state index < -0.39 is 0 Å². The Kier molecular flexibility index (Phi) is 5.65. The van der Waals surface area contributed by atoms with Crippen molar-refractivity contribution in [1.29, 1.82) is 0 Å². The van der Waals surface area contributed by atoms with E-state index in [1.807, 2.05) is 12.4 Å². The molecule has 3 rings (SSSR count). The van der Waals surface area contributed by atoms with Crippen molar-refractivity contribution in [2.24, 2.45) is 0 Å². The summed E-state index contributed by atoms with van der Waals surface area (Å²) in [5.74, 6) is 0. The van der Waals surface area contributed by atoms with E-state index in [4.69, 9.17) is 0 Å². The van der Waals surface area contributed by atoms with E-state index in [2.05, 4.69) is 52.5 Å². The average molecular weight is 309 g/mol. The summed E-state index contributed by atoms with van der Waals surface area (Å²) in [4.78, 5) is 6.98. The molecule has 2 heterocycles. The highest BCUT2D eigenvalue weighted by Gasteiger charge is 2.15. The average Bonchev–Trinajstić information content (AvgIpc) is 2.63. The number of hydrogen-bond donors (Lipinski definition) is 1. The minimum atomic E-state index is 1.06. The maximum Gasteiger partial charge on any atom is 0.0447 e. The molecule has 1 fully saturated rings. The van der Waals surface area contributed by atoms with E-state index in [0.717, 1.165) is 32.6 Å². The second-order valence-electron chi connectivity index (χ2n) is 6.29. The van der Waals surface area contributed by atoms with Gasteiger partial charge in [0.25, 0.3) is 0 Å². The van der Waals surface area contributed by atoms with Crippen molar-refractivity contribution < 1.29 is 0 Å². The van der Waals surface area contributed by atoms with Crippen LogP contribution in [0.3, 0.4) is 0 Å². The summed E-state index contributed by atoms with van der Waals surface area (Å²) in [5.41, 5.74) is 5.24. The fourth-order valence-corrected chi connectivity index (χ4v) is 3.25. The molecule has 0 bridgehead atoms. The minimum absolute atomic E-state index is 1.06. The van der Waals surface area contributed by atoms with Crippen molar-refractivity contribution in [1.82, 2.24) is 10.3 Å². The van der Waals surface area contributed by atoms with Gasteiger partial charge < -0.3 is 10.2 Å². The van der Waals surface area contributed by atoms with Crippen LogP contribution in [0, 0.1) is 0 Å². The first kappa shape index (κ1) is 16.0. The van der Waals surface area contributed by atoms with E-state index >= 15 is 0 Å². The van der Waals surface area contributed by atoms with E-state index in [1.54, 1.807) is 0 Å². The zero-order valence-corrected chi connectivity index (χ0v) is 14.1. The Hall–Kier alpha value is -1.87. The van der Waals surface area contributed by atoms with Gasteiger partial charge in [0.05, 0.1) is 0 Å². The summed E-state index contributed by atoms with van der Waals surface area (Å²) >= 11 is 0. The van der Waals surface area contributed by atoms with Crippen LogP contribution in [-0.4, -0.2) is 31.2 Å². The van der Waals surface area contributed by atoms with Crippen LogP contribution < -0.4 is 10.2 Å². The molecule has 2 aromatic rings. The van der Waals surface area contributed by atoms with Gasteiger partial charge in [-0.2, -0.15) is 0 Å². The normalized spacial score (nSPS) is 14.9. The van der Waals surface area contributed by atoms with Crippen molar-refractivity contribution in [3.63, 3.8) is 0 Å². The maximum atomic E-state index is 4.50. The largest absolute Gasteiger partial charge is 0.368 e. The quantitative estimate of drug-likeness (QED) is 0.821. The molecule has 3 heteroatoms. The van der Waals surface area contributed by atoms with Crippen molar-refractivity contribution in [3.05, 3.63) is 48.3 Å². The number of aryl methyl sites for hydroxylation is 1. The third kappa shape index (κ3) is 4.11. The number of unbranched alkanes of at least 4 members (excludes halogenated alkanes) is 2. The lowest BCUT2D eigenvalue weighted by atomic mass is 10.0. The molecule has 0 aliphatic carbocycles. The Morgan fingerprint density at radius 2 is 1.91 bits per heavy atom. The van der Waals surface area contributed by atoms with Crippen molar-refractivity contribution in [2.75, 3.05) is 31.1 Å². The lowest BCUT2D eigenvalue weighted by molar-refractivity contribution is 0.589. The van der Waals surface area contributed by atoms with Gasteiger partial charge in [-0.05, 0) is 30.5 Å². The topological polar surface area (TPSA) is 28.2 Å².